The third-order valence-corrected chi connectivity index (χ3v) is 7.91. The molecule has 0 bridgehead atoms. The fourth-order valence-corrected chi connectivity index (χ4v) is 6.12. The second kappa shape index (κ2) is 9.67. The molecular weight excluding hydrogens is 512 g/mol. The van der Waals surface area contributed by atoms with E-state index in [9.17, 15) is 44.7 Å². The van der Waals surface area contributed by atoms with E-state index in [1.54, 1.807) is 6.92 Å². The van der Waals surface area contributed by atoms with E-state index < -0.39 is 87.4 Å². The number of aliphatic hydroxyl groups excluding tert-OH is 3. The van der Waals surface area contributed by atoms with Crippen LogP contribution in [0.2, 0.25) is 0 Å². The highest BCUT2D eigenvalue weighted by Gasteiger charge is 2.68. The Hall–Kier alpha value is -3.94. The van der Waals surface area contributed by atoms with Gasteiger partial charge in [0.15, 0.2) is 11.4 Å². The number of nitrogens with one attached hydrogen (secondary N) is 2. The predicted octanol–water partition coefficient (Wildman–Crippen LogP) is 0.0273. The van der Waals surface area contributed by atoms with Crippen molar-refractivity contribution in [2.24, 2.45) is 17.6 Å². The van der Waals surface area contributed by atoms with Gasteiger partial charge in [-0.05, 0) is 38.1 Å². The number of nitrogens with zero attached hydrogens (tertiary/aromatic N) is 1. The number of hydrogen-bond donors (Lipinski definition) is 8. The van der Waals surface area contributed by atoms with Crippen molar-refractivity contribution < 1.29 is 44.7 Å². The van der Waals surface area contributed by atoms with Gasteiger partial charge in [0, 0.05) is 18.0 Å². The lowest BCUT2D eigenvalue weighted by Crippen LogP contribution is -2.70. The first-order chi connectivity index (χ1) is 18.2. The van der Waals surface area contributed by atoms with Crippen LogP contribution < -0.4 is 16.4 Å². The van der Waals surface area contributed by atoms with E-state index in [0.717, 1.165) is 0 Å². The number of carbonyl (C=O) groups is 4. The van der Waals surface area contributed by atoms with E-state index in [2.05, 4.69) is 10.6 Å². The molecule has 3 amide bonds. The van der Waals surface area contributed by atoms with Gasteiger partial charge in [-0.1, -0.05) is 19.9 Å². The molecule has 13 heteroatoms. The number of rotatable bonds is 5. The molecule has 0 aliphatic heterocycles. The molecule has 0 radical (unpaired) electrons. The van der Waals surface area contributed by atoms with E-state index in [1.165, 1.54) is 31.1 Å². The lowest BCUT2D eigenvalue weighted by atomic mass is 9.54. The van der Waals surface area contributed by atoms with Crippen molar-refractivity contribution in [3.05, 3.63) is 40.2 Å². The molecular formula is C26H32N4O9. The fraction of sp³-hybridized carbons (Fsp3) is 0.462. The number of hydrogen-bond acceptors (Lipinski definition) is 10. The number of nitrogens with two attached hydrogens (primary N) is 1. The number of anilines is 1. The SMILES string of the molecule is CCCNC(=O)Nc1ccc2c(c1O)C(O)=C1C(=O)[C@]3(O)C(O)=C(C(N)=O)C(=O)[C@@H](N(C)C)[C@@H]3[C@@H](O)[C@@H]1[C@H]2C. The van der Waals surface area contributed by atoms with E-state index >= 15 is 0 Å². The van der Waals surface area contributed by atoms with Crippen LogP contribution in [0, 0.1) is 11.8 Å². The van der Waals surface area contributed by atoms with Crippen LogP contribution in [-0.4, -0.2) is 92.3 Å². The van der Waals surface area contributed by atoms with Gasteiger partial charge >= 0.3 is 6.03 Å². The molecule has 6 atom stereocenters. The number of ketones is 2. The van der Waals surface area contributed by atoms with Gasteiger partial charge in [-0.15, -0.1) is 0 Å². The third kappa shape index (κ3) is 3.87. The van der Waals surface area contributed by atoms with Gasteiger partial charge in [-0.25, -0.2) is 4.79 Å². The molecule has 1 saturated carbocycles. The zero-order valence-electron chi connectivity index (χ0n) is 21.8. The van der Waals surface area contributed by atoms with Crippen LogP contribution in [0.4, 0.5) is 10.5 Å². The van der Waals surface area contributed by atoms with Gasteiger partial charge in [0.05, 0.1) is 29.3 Å². The molecule has 3 aliphatic carbocycles. The Morgan fingerprint density at radius 3 is 2.36 bits per heavy atom. The molecule has 4 rings (SSSR count). The number of carbonyl (C=O) groups excluding carboxylic acids is 4. The standard InChI is InChI=1S/C26H32N4O9/c1-5-8-28-25(38)29-11-7-6-10-9(2)12-14(19(32)13(10)18(11)31)22(35)26(39)16(20(12)33)17(30(3)4)21(34)15(23(26)36)24(27)37/h6-7,9,12,16-17,20,31-33,36,39H,5,8H2,1-4H3,(H2,27,37)(H2,28,29,38)/t9-,12+,16+,17-,20-,26-/m0/s1. The Morgan fingerprint density at radius 1 is 1.15 bits per heavy atom. The first-order valence-corrected chi connectivity index (χ1v) is 12.4. The van der Waals surface area contributed by atoms with Gasteiger partial charge in [0.25, 0.3) is 5.91 Å². The van der Waals surface area contributed by atoms with Crippen LogP contribution >= 0.6 is 0 Å². The zero-order valence-corrected chi connectivity index (χ0v) is 21.8. The van der Waals surface area contributed by atoms with Gasteiger partial charge in [0.1, 0.15) is 22.8 Å². The fourth-order valence-electron chi connectivity index (χ4n) is 6.12. The largest absolute Gasteiger partial charge is 0.508 e. The minimum atomic E-state index is -2.99. The normalized spacial score (nSPS) is 30.1. The summed E-state index contributed by atoms with van der Waals surface area (Å²) in [4.78, 5) is 52.7. The van der Waals surface area contributed by atoms with Crippen molar-refractivity contribution >= 4 is 35.0 Å². The van der Waals surface area contributed by atoms with E-state index in [-0.39, 0.29) is 11.3 Å². The van der Waals surface area contributed by atoms with Gasteiger partial charge < -0.3 is 41.9 Å². The molecule has 0 saturated heterocycles. The predicted molar refractivity (Wildman–Crippen MR) is 138 cm³/mol. The number of likely N-dealkylation sites (N-methyl/N-ethyl adjacent to an activating group) is 1. The summed E-state index contributed by atoms with van der Waals surface area (Å²) in [5.41, 5.74) is 0.872. The number of aliphatic hydroxyl groups is 4. The number of Topliss-reactive ketones (excluding diaryl/α,β-unsaturated/α-hetero) is 2. The highest BCUT2D eigenvalue weighted by Crippen LogP contribution is 2.56. The number of phenolic OH excluding ortho intramolecular Hbond substituents is 1. The molecule has 9 N–H and O–H groups in total. The monoisotopic (exact) mass is 544 g/mol. The molecule has 39 heavy (non-hydrogen) atoms. The molecule has 1 aromatic rings. The first kappa shape index (κ1) is 28.1. The number of urea groups is 1. The van der Waals surface area contributed by atoms with Crippen molar-refractivity contribution in [1.82, 2.24) is 10.2 Å². The van der Waals surface area contributed by atoms with E-state index in [0.29, 0.717) is 18.5 Å². The Labute approximate surface area is 223 Å². The number of phenols is 1. The maximum absolute atomic E-state index is 14.0. The van der Waals surface area contributed by atoms with Crippen LogP contribution in [0.1, 0.15) is 37.3 Å². The quantitative estimate of drug-likeness (QED) is 0.183. The van der Waals surface area contributed by atoms with Crippen LogP contribution in [0.25, 0.3) is 5.76 Å². The summed E-state index contributed by atoms with van der Waals surface area (Å²) < 4.78 is 0. The van der Waals surface area contributed by atoms with Crippen LogP contribution in [0.15, 0.2) is 29.0 Å². The van der Waals surface area contributed by atoms with Crippen molar-refractivity contribution in [3.63, 3.8) is 0 Å². The summed E-state index contributed by atoms with van der Waals surface area (Å²) in [6.07, 6.45) is -1.01. The van der Waals surface area contributed by atoms with Crippen LogP contribution in [0.5, 0.6) is 5.75 Å². The zero-order chi connectivity index (χ0) is 29.1. The molecule has 0 spiro atoms. The Balaban J connectivity index is 1.94. The summed E-state index contributed by atoms with van der Waals surface area (Å²) in [7, 11) is 2.87. The van der Waals surface area contributed by atoms with Crippen molar-refractivity contribution in [2.75, 3.05) is 26.0 Å². The van der Waals surface area contributed by atoms with E-state index in [4.69, 9.17) is 5.73 Å². The smallest absolute Gasteiger partial charge is 0.319 e. The lowest BCUT2D eigenvalue weighted by Gasteiger charge is -2.53. The first-order valence-electron chi connectivity index (χ1n) is 12.4. The van der Waals surface area contributed by atoms with Crippen molar-refractivity contribution in [3.8, 4) is 5.75 Å². The maximum Gasteiger partial charge on any atom is 0.319 e. The molecule has 13 nitrogen and oxygen atoms in total. The molecule has 3 aliphatic rings. The number of amides is 3. The third-order valence-electron chi connectivity index (χ3n) is 7.91. The van der Waals surface area contributed by atoms with Gasteiger partial charge in [-0.2, -0.15) is 0 Å². The number of aromatic hydroxyl groups is 1. The topological polar surface area (TPSA) is 223 Å². The molecule has 1 aromatic carbocycles. The Bertz CT molecular complexity index is 1350. The summed E-state index contributed by atoms with van der Waals surface area (Å²) in [6, 6.07) is 0.879. The number of benzene rings is 1. The summed E-state index contributed by atoms with van der Waals surface area (Å²) in [5.74, 6) is -9.80. The molecule has 210 valence electrons. The van der Waals surface area contributed by atoms with Crippen LogP contribution in [0.3, 0.4) is 0 Å². The second-order valence-corrected chi connectivity index (χ2v) is 10.4. The van der Waals surface area contributed by atoms with Gasteiger partial charge in [-0.3, -0.25) is 19.3 Å². The number of primary amides is 1. The molecule has 1 fully saturated rings. The van der Waals surface area contributed by atoms with Gasteiger partial charge in [0.2, 0.25) is 5.78 Å². The van der Waals surface area contributed by atoms with Crippen molar-refractivity contribution in [2.45, 2.75) is 43.9 Å². The second-order valence-electron chi connectivity index (χ2n) is 10.4. The van der Waals surface area contributed by atoms with Crippen molar-refractivity contribution in [1.29, 1.82) is 0 Å². The average molecular weight is 545 g/mol. The lowest BCUT2D eigenvalue weighted by molar-refractivity contribution is -0.169. The minimum Gasteiger partial charge on any atom is -0.508 e. The van der Waals surface area contributed by atoms with Crippen LogP contribution in [-0.2, 0) is 14.4 Å². The Morgan fingerprint density at radius 2 is 1.79 bits per heavy atom. The molecule has 0 unspecified atom stereocenters. The molecule has 0 aromatic heterocycles. The summed E-state index contributed by atoms with van der Waals surface area (Å²) >= 11 is 0. The summed E-state index contributed by atoms with van der Waals surface area (Å²) in [5, 5.41) is 61.6. The maximum atomic E-state index is 14.0. The number of fused-ring (bicyclic) bond motifs is 3. The average Bonchev–Trinajstić information content (AvgIpc) is 2.85. The Kier molecular flexibility index (Phi) is 6.96. The minimum absolute atomic E-state index is 0.0739. The highest BCUT2D eigenvalue weighted by molar-refractivity contribution is 6.24. The molecule has 0 heterocycles. The highest BCUT2D eigenvalue weighted by atomic mass is 16.4. The summed E-state index contributed by atoms with van der Waals surface area (Å²) in [6.45, 7) is 3.85. The van der Waals surface area contributed by atoms with E-state index in [1.807, 2.05) is 6.92 Å².